The van der Waals surface area contributed by atoms with E-state index in [0.29, 0.717) is 6.04 Å². The number of anilines is 1. The molecule has 0 spiro atoms. The summed E-state index contributed by atoms with van der Waals surface area (Å²) in [5.74, 6) is 1.88. The fourth-order valence-electron chi connectivity index (χ4n) is 2.97. The van der Waals surface area contributed by atoms with Gasteiger partial charge < -0.3 is 10.2 Å². The molecule has 0 saturated heterocycles. The molecule has 2 saturated carbocycles. The average molecular weight is 351 g/mol. The highest BCUT2D eigenvalue weighted by Crippen LogP contribution is 2.38. The standard InChI is InChI=1S/C18H27BrN2/c1-3-20-13(2)16-8-9-18(17(19)10-16)21(11-14-4-5-14)12-15-6-7-15/h8-10,13-15,20H,3-7,11-12H2,1-2H3. The highest BCUT2D eigenvalue weighted by atomic mass is 79.9. The van der Waals surface area contributed by atoms with Crippen LogP contribution in [0, 0.1) is 11.8 Å². The van der Waals surface area contributed by atoms with Crippen LogP contribution in [-0.4, -0.2) is 19.6 Å². The molecule has 0 heterocycles. The Morgan fingerprint density at radius 1 is 1.19 bits per heavy atom. The molecule has 1 atom stereocenters. The third-order valence-electron chi connectivity index (χ3n) is 4.67. The van der Waals surface area contributed by atoms with Gasteiger partial charge in [0.05, 0.1) is 5.69 Å². The van der Waals surface area contributed by atoms with Crippen molar-refractivity contribution >= 4 is 21.6 Å². The maximum Gasteiger partial charge on any atom is 0.0511 e. The molecular weight excluding hydrogens is 324 g/mol. The van der Waals surface area contributed by atoms with Crippen LogP contribution in [0.25, 0.3) is 0 Å². The van der Waals surface area contributed by atoms with E-state index in [9.17, 15) is 0 Å². The Bertz CT molecular complexity index is 466. The predicted octanol–water partition coefficient (Wildman–Crippen LogP) is 4.75. The summed E-state index contributed by atoms with van der Waals surface area (Å²) in [4.78, 5) is 2.63. The first-order chi connectivity index (χ1) is 10.2. The molecule has 116 valence electrons. The van der Waals surface area contributed by atoms with Gasteiger partial charge in [0.25, 0.3) is 0 Å². The van der Waals surface area contributed by atoms with E-state index in [-0.39, 0.29) is 0 Å². The van der Waals surface area contributed by atoms with Crippen LogP contribution in [0.15, 0.2) is 22.7 Å². The van der Waals surface area contributed by atoms with E-state index in [0.717, 1.165) is 18.4 Å². The Balaban J connectivity index is 1.74. The Morgan fingerprint density at radius 2 is 1.81 bits per heavy atom. The number of nitrogens with one attached hydrogen (secondary N) is 1. The minimum Gasteiger partial charge on any atom is -0.370 e. The second-order valence-electron chi connectivity index (χ2n) is 6.78. The topological polar surface area (TPSA) is 15.3 Å². The first-order valence-electron chi connectivity index (χ1n) is 8.45. The first-order valence-corrected chi connectivity index (χ1v) is 9.24. The summed E-state index contributed by atoms with van der Waals surface area (Å²) in [6.07, 6.45) is 5.70. The van der Waals surface area contributed by atoms with Crippen molar-refractivity contribution in [3.63, 3.8) is 0 Å². The van der Waals surface area contributed by atoms with Gasteiger partial charge in [0.15, 0.2) is 0 Å². The molecule has 0 bridgehead atoms. The van der Waals surface area contributed by atoms with E-state index in [1.807, 2.05) is 0 Å². The summed E-state index contributed by atoms with van der Waals surface area (Å²) < 4.78 is 1.26. The largest absolute Gasteiger partial charge is 0.370 e. The number of hydrogen-bond acceptors (Lipinski definition) is 2. The Kier molecular flexibility index (Phi) is 4.90. The minimum atomic E-state index is 0.417. The number of halogens is 1. The van der Waals surface area contributed by atoms with Crippen molar-refractivity contribution in [3.05, 3.63) is 28.2 Å². The van der Waals surface area contributed by atoms with Crippen LogP contribution in [-0.2, 0) is 0 Å². The molecular formula is C18H27BrN2. The Morgan fingerprint density at radius 3 is 2.29 bits per heavy atom. The maximum atomic E-state index is 3.82. The second kappa shape index (κ2) is 6.70. The normalized spacial score (nSPS) is 19.6. The molecule has 0 aliphatic heterocycles. The number of nitrogens with zero attached hydrogens (tertiary/aromatic N) is 1. The van der Waals surface area contributed by atoms with Crippen molar-refractivity contribution in [2.75, 3.05) is 24.5 Å². The zero-order valence-electron chi connectivity index (χ0n) is 13.2. The van der Waals surface area contributed by atoms with E-state index < -0.39 is 0 Å². The van der Waals surface area contributed by atoms with E-state index >= 15 is 0 Å². The fraction of sp³-hybridized carbons (Fsp3) is 0.667. The van der Waals surface area contributed by atoms with Gasteiger partial charge >= 0.3 is 0 Å². The van der Waals surface area contributed by atoms with E-state index in [4.69, 9.17) is 0 Å². The summed E-state index contributed by atoms with van der Waals surface area (Å²) in [5, 5.41) is 3.49. The van der Waals surface area contributed by atoms with Gasteiger partial charge in [0.1, 0.15) is 0 Å². The molecule has 1 aromatic carbocycles. The molecule has 21 heavy (non-hydrogen) atoms. The molecule has 3 rings (SSSR count). The number of hydrogen-bond donors (Lipinski definition) is 1. The van der Waals surface area contributed by atoms with E-state index in [2.05, 4.69) is 58.2 Å². The first kappa shape index (κ1) is 15.4. The van der Waals surface area contributed by atoms with Gasteiger partial charge in [-0.1, -0.05) is 13.0 Å². The maximum absolute atomic E-state index is 3.82. The summed E-state index contributed by atoms with van der Waals surface area (Å²) in [7, 11) is 0. The lowest BCUT2D eigenvalue weighted by Crippen LogP contribution is -2.28. The molecule has 2 nitrogen and oxygen atoms in total. The van der Waals surface area contributed by atoms with Gasteiger partial charge in [-0.15, -0.1) is 0 Å². The predicted molar refractivity (Wildman–Crippen MR) is 93.9 cm³/mol. The quantitative estimate of drug-likeness (QED) is 0.727. The molecule has 3 heteroatoms. The van der Waals surface area contributed by atoms with Crippen molar-refractivity contribution in [1.29, 1.82) is 0 Å². The van der Waals surface area contributed by atoms with Crippen LogP contribution in [0.2, 0.25) is 0 Å². The van der Waals surface area contributed by atoms with Crippen LogP contribution in [0.1, 0.15) is 51.1 Å². The molecule has 2 aliphatic carbocycles. The molecule has 1 aromatic rings. The third kappa shape index (κ3) is 4.23. The third-order valence-corrected chi connectivity index (χ3v) is 5.31. The molecule has 1 N–H and O–H groups in total. The lowest BCUT2D eigenvalue weighted by atomic mass is 10.1. The van der Waals surface area contributed by atoms with Crippen LogP contribution < -0.4 is 10.2 Å². The monoisotopic (exact) mass is 350 g/mol. The van der Waals surface area contributed by atoms with Crippen LogP contribution in [0.3, 0.4) is 0 Å². The smallest absolute Gasteiger partial charge is 0.0511 e. The Hall–Kier alpha value is -0.540. The van der Waals surface area contributed by atoms with Gasteiger partial charge in [-0.3, -0.25) is 0 Å². The van der Waals surface area contributed by atoms with Crippen LogP contribution in [0.5, 0.6) is 0 Å². The van der Waals surface area contributed by atoms with Gasteiger partial charge in [0, 0.05) is 23.6 Å². The Labute approximate surface area is 137 Å². The summed E-state index contributed by atoms with van der Waals surface area (Å²) in [6.45, 7) is 7.90. The lowest BCUT2D eigenvalue weighted by Gasteiger charge is -2.27. The molecule has 0 radical (unpaired) electrons. The van der Waals surface area contributed by atoms with Gasteiger partial charge in [-0.2, -0.15) is 0 Å². The number of benzene rings is 1. The van der Waals surface area contributed by atoms with Crippen molar-refractivity contribution < 1.29 is 0 Å². The summed E-state index contributed by atoms with van der Waals surface area (Å²) >= 11 is 3.82. The molecule has 2 aliphatic rings. The van der Waals surface area contributed by atoms with E-state index in [1.165, 1.54) is 54.5 Å². The van der Waals surface area contributed by atoms with Crippen LogP contribution >= 0.6 is 15.9 Å². The molecule has 0 amide bonds. The van der Waals surface area contributed by atoms with E-state index in [1.54, 1.807) is 0 Å². The van der Waals surface area contributed by atoms with Crippen molar-refractivity contribution in [2.45, 2.75) is 45.6 Å². The van der Waals surface area contributed by atoms with Crippen LogP contribution in [0.4, 0.5) is 5.69 Å². The molecule has 0 aromatic heterocycles. The van der Waals surface area contributed by atoms with Gasteiger partial charge in [0.2, 0.25) is 0 Å². The van der Waals surface area contributed by atoms with Gasteiger partial charge in [-0.25, -0.2) is 0 Å². The highest BCUT2D eigenvalue weighted by molar-refractivity contribution is 9.10. The second-order valence-corrected chi connectivity index (χ2v) is 7.64. The lowest BCUT2D eigenvalue weighted by molar-refractivity contribution is 0.597. The molecule has 1 unspecified atom stereocenters. The SMILES string of the molecule is CCNC(C)c1ccc(N(CC2CC2)CC2CC2)c(Br)c1. The zero-order valence-corrected chi connectivity index (χ0v) is 14.8. The van der Waals surface area contributed by atoms with Crippen molar-refractivity contribution in [2.24, 2.45) is 11.8 Å². The van der Waals surface area contributed by atoms with Gasteiger partial charge in [-0.05, 0) is 84.6 Å². The molecule has 2 fully saturated rings. The number of rotatable bonds is 8. The fourth-order valence-corrected chi connectivity index (χ4v) is 3.62. The summed E-state index contributed by atoms with van der Waals surface area (Å²) in [6, 6.07) is 7.33. The average Bonchev–Trinajstić information content (AvgIpc) is 3.34. The van der Waals surface area contributed by atoms with Crippen molar-refractivity contribution in [3.8, 4) is 0 Å². The highest BCUT2D eigenvalue weighted by Gasteiger charge is 2.30. The zero-order chi connectivity index (χ0) is 14.8. The summed E-state index contributed by atoms with van der Waals surface area (Å²) in [5.41, 5.74) is 2.76. The van der Waals surface area contributed by atoms with Crippen molar-refractivity contribution in [1.82, 2.24) is 5.32 Å². The minimum absolute atomic E-state index is 0.417.